The van der Waals surface area contributed by atoms with Gasteiger partial charge in [0.1, 0.15) is 12.3 Å². The second-order valence-electron chi connectivity index (χ2n) is 7.83. The monoisotopic (exact) mass is 508 g/mol. The van der Waals surface area contributed by atoms with Crippen molar-refractivity contribution in [3.05, 3.63) is 78.9 Å². The van der Waals surface area contributed by atoms with Crippen LogP contribution in [0.25, 0.3) is 10.4 Å². The molecule has 1 fully saturated rings. The number of hydrogen-bond acceptors (Lipinski definition) is 8. The van der Waals surface area contributed by atoms with Crippen molar-refractivity contribution in [3.63, 3.8) is 0 Å². The molecule has 188 valence electrons. The van der Waals surface area contributed by atoms with Gasteiger partial charge in [-0.3, -0.25) is 23.7 Å². The third-order valence-electron chi connectivity index (χ3n) is 5.36. The normalized spacial score (nSPS) is 22.1. The average Bonchev–Trinajstić information content (AvgIpc) is 3.22. The first-order valence-corrected chi connectivity index (χ1v) is 12.1. The first kappa shape index (κ1) is 26.4. The molecule has 1 saturated heterocycles. The Bertz CT molecular complexity index is 1260. The molecule has 0 aliphatic carbocycles. The summed E-state index contributed by atoms with van der Waals surface area (Å²) in [5.41, 5.74) is 8.62. The number of aromatic amines is 1. The smallest absolute Gasteiger partial charge is 0.403 e. The van der Waals surface area contributed by atoms with Gasteiger partial charge in [0.25, 0.3) is 5.56 Å². The third kappa shape index (κ3) is 6.89. The number of carbonyl (C=O) groups excluding carboxylic acids is 1. The maximum atomic E-state index is 12.7. The Morgan fingerprint density at radius 2 is 2.14 bits per heavy atom. The summed E-state index contributed by atoms with van der Waals surface area (Å²) in [6.07, 6.45) is -0.451. The van der Waals surface area contributed by atoms with Crippen LogP contribution in [0.5, 0.6) is 0 Å². The molecule has 15 heteroatoms. The van der Waals surface area contributed by atoms with Gasteiger partial charge < -0.3 is 14.4 Å². The quantitative estimate of drug-likeness (QED) is 0.139. The van der Waals surface area contributed by atoms with Crippen LogP contribution in [0.2, 0.25) is 0 Å². The molecule has 35 heavy (non-hydrogen) atoms. The number of aryl methyl sites for hydroxylation is 1. The minimum absolute atomic E-state index is 0.0609. The molecule has 3 N–H and O–H groups in total. The highest BCUT2D eigenvalue weighted by Crippen LogP contribution is 2.40. The Hall–Kier alpha value is -3.25. The highest BCUT2D eigenvalue weighted by molar-refractivity contribution is 7.50. The molecule has 2 heterocycles. The number of esters is 1. The van der Waals surface area contributed by atoms with E-state index in [0.29, 0.717) is 0 Å². The fourth-order valence-corrected chi connectivity index (χ4v) is 4.62. The number of methoxy groups -OCH3 is 1. The van der Waals surface area contributed by atoms with E-state index in [4.69, 9.17) is 19.5 Å². The number of nitrogens with zero attached hydrogens (tertiary/aromatic N) is 4. The van der Waals surface area contributed by atoms with E-state index >= 15 is 0 Å². The van der Waals surface area contributed by atoms with Crippen LogP contribution in [0.3, 0.4) is 0 Å². The van der Waals surface area contributed by atoms with E-state index in [0.717, 1.165) is 17.2 Å². The molecule has 0 saturated carbocycles. The molecule has 0 radical (unpaired) electrons. The van der Waals surface area contributed by atoms with Gasteiger partial charge in [-0.1, -0.05) is 35.4 Å². The first-order valence-electron chi connectivity index (χ1n) is 10.5. The number of rotatable bonds is 10. The molecule has 2 aromatic rings. The lowest BCUT2D eigenvalue weighted by molar-refractivity contribution is -0.142. The van der Waals surface area contributed by atoms with E-state index in [2.05, 4.69) is 20.1 Å². The van der Waals surface area contributed by atoms with E-state index in [1.807, 2.05) is 0 Å². The Labute approximate surface area is 199 Å². The van der Waals surface area contributed by atoms with E-state index in [1.54, 1.807) is 30.3 Å². The summed E-state index contributed by atoms with van der Waals surface area (Å²) >= 11 is 0. The zero-order valence-corrected chi connectivity index (χ0v) is 19.8. The summed E-state index contributed by atoms with van der Waals surface area (Å²) in [7, 11) is -3.39. The lowest BCUT2D eigenvalue weighted by Crippen LogP contribution is -2.38. The second-order valence-corrected chi connectivity index (χ2v) is 9.38. The number of carbonyl (C=O) groups is 1. The molecule has 2 unspecified atom stereocenters. The molecular formula is C20H25N6O8P. The second kappa shape index (κ2) is 11.5. The molecule has 14 nitrogen and oxygen atoms in total. The van der Waals surface area contributed by atoms with Gasteiger partial charge in [0, 0.05) is 23.1 Å². The van der Waals surface area contributed by atoms with E-state index in [1.165, 1.54) is 13.1 Å². The molecule has 1 aromatic heterocycles. The summed E-state index contributed by atoms with van der Waals surface area (Å²) in [5, 5.41) is 5.92. The van der Waals surface area contributed by atoms with Crippen LogP contribution in [0.15, 0.2) is 51.2 Å². The standard InChI is InChI=1S/C20H25N6O8P/c1-12-10-26(20(29)22-18(12)27)17-9-14(23-25-21)16(34-17)11-33-35(30,31)24-15(19(28)32-2)8-13-6-4-3-5-7-13/h3-7,10,14-17H,8-9,11H2,1-2H3,(H,22,27,29)(H2,24,30,31)/t14?,15-,16+,17+/m0/s1. The van der Waals surface area contributed by atoms with Gasteiger partial charge in [-0.25, -0.2) is 14.4 Å². The molecule has 0 spiro atoms. The van der Waals surface area contributed by atoms with Crippen molar-refractivity contribution in [2.24, 2.45) is 5.11 Å². The van der Waals surface area contributed by atoms with E-state index in [9.17, 15) is 23.8 Å². The maximum absolute atomic E-state index is 12.7. The van der Waals surface area contributed by atoms with E-state index in [-0.39, 0.29) is 18.4 Å². The van der Waals surface area contributed by atoms with Crippen LogP contribution in [0, 0.1) is 6.92 Å². The topological polar surface area (TPSA) is 198 Å². The molecule has 0 amide bonds. The van der Waals surface area contributed by atoms with Crippen LogP contribution in [-0.2, 0) is 29.8 Å². The molecule has 5 atom stereocenters. The average molecular weight is 508 g/mol. The maximum Gasteiger partial charge on any atom is 0.403 e. The van der Waals surface area contributed by atoms with Gasteiger partial charge in [-0.05, 0) is 24.4 Å². The van der Waals surface area contributed by atoms with Crippen molar-refractivity contribution >= 4 is 13.7 Å². The van der Waals surface area contributed by atoms with Crippen LogP contribution in [-0.4, -0.2) is 52.3 Å². The zero-order chi connectivity index (χ0) is 25.6. The van der Waals surface area contributed by atoms with Crippen LogP contribution in [0.4, 0.5) is 0 Å². The number of nitrogens with one attached hydrogen (secondary N) is 2. The summed E-state index contributed by atoms with van der Waals surface area (Å²) in [4.78, 5) is 51.2. The Morgan fingerprint density at radius 1 is 1.43 bits per heavy atom. The SMILES string of the molecule is COC(=O)[C@H](Cc1ccccc1)NP(=O)(O)OC[C@H]1O[C@@H](n2cc(C)c(=O)[nH]c2=O)CC1N=[N+]=[N-]. The Kier molecular flexibility index (Phi) is 8.62. The Balaban J connectivity index is 1.70. The summed E-state index contributed by atoms with van der Waals surface area (Å²) in [5.74, 6) is -0.760. The number of benzene rings is 1. The largest absolute Gasteiger partial charge is 0.468 e. The zero-order valence-electron chi connectivity index (χ0n) is 18.9. The van der Waals surface area contributed by atoms with E-state index < -0.39 is 56.0 Å². The summed E-state index contributed by atoms with van der Waals surface area (Å²) < 4.78 is 29.5. The van der Waals surface area contributed by atoms with Gasteiger partial charge in [0.2, 0.25) is 0 Å². The number of hydrogen-bond donors (Lipinski definition) is 3. The predicted molar refractivity (Wildman–Crippen MR) is 122 cm³/mol. The summed E-state index contributed by atoms with van der Waals surface area (Å²) in [6, 6.07) is 6.81. The van der Waals surface area contributed by atoms with Gasteiger partial charge in [0.15, 0.2) is 0 Å². The predicted octanol–water partition coefficient (Wildman–Crippen LogP) is 1.30. The highest BCUT2D eigenvalue weighted by atomic mass is 31.2. The number of H-pyrrole nitrogens is 1. The van der Waals surface area contributed by atoms with Crippen molar-refractivity contribution in [1.29, 1.82) is 0 Å². The Morgan fingerprint density at radius 3 is 2.80 bits per heavy atom. The van der Waals surface area contributed by atoms with Crippen LogP contribution < -0.4 is 16.3 Å². The van der Waals surface area contributed by atoms with Crippen molar-refractivity contribution in [3.8, 4) is 0 Å². The summed E-state index contributed by atoms with van der Waals surface area (Å²) in [6.45, 7) is 1.02. The van der Waals surface area contributed by atoms with Crippen molar-refractivity contribution in [2.75, 3.05) is 13.7 Å². The molecule has 1 aliphatic rings. The fourth-order valence-electron chi connectivity index (χ4n) is 3.61. The van der Waals surface area contributed by atoms with Gasteiger partial charge in [-0.15, -0.1) is 0 Å². The van der Waals surface area contributed by atoms with Crippen molar-refractivity contribution in [2.45, 2.75) is 44.2 Å². The van der Waals surface area contributed by atoms with Crippen LogP contribution >= 0.6 is 7.75 Å². The number of aromatic nitrogens is 2. The molecule has 3 rings (SSSR count). The minimum atomic E-state index is -4.55. The van der Waals surface area contributed by atoms with Crippen molar-refractivity contribution in [1.82, 2.24) is 14.6 Å². The molecular weight excluding hydrogens is 483 g/mol. The molecule has 1 aromatic carbocycles. The van der Waals surface area contributed by atoms with Crippen LogP contribution in [0.1, 0.15) is 23.8 Å². The third-order valence-corrected chi connectivity index (χ3v) is 6.50. The molecule has 1 aliphatic heterocycles. The van der Waals surface area contributed by atoms with Gasteiger partial charge >= 0.3 is 19.4 Å². The van der Waals surface area contributed by atoms with Gasteiger partial charge in [0.05, 0.1) is 25.9 Å². The first-order chi connectivity index (χ1) is 16.6. The lowest BCUT2D eigenvalue weighted by atomic mass is 10.1. The highest BCUT2D eigenvalue weighted by Gasteiger charge is 2.39. The fraction of sp³-hybridized carbons (Fsp3) is 0.450. The van der Waals surface area contributed by atoms with Gasteiger partial charge in [-0.2, -0.15) is 0 Å². The lowest BCUT2D eigenvalue weighted by Gasteiger charge is -2.22. The number of azide groups is 1. The molecule has 0 bridgehead atoms. The van der Waals surface area contributed by atoms with Crippen molar-refractivity contribution < 1.29 is 28.3 Å². The number of ether oxygens (including phenoxy) is 2. The minimum Gasteiger partial charge on any atom is -0.468 e.